The molecule has 2 saturated heterocycles. The second-order valence-electron chi connectivity index (χ2n) is 7.72. The number of carbonyl (C=O) groups excluding carboxylic acids is 4. The molecule has 2 aliphatic rings. The lowest BCUT2D eigenvalue weighted by atomic mass is 9.96. The van der Waals surface area contributed by atoms with Crippen molar-refractivity contribution < 1.29 is 23.6 Å². The van der Waals surface area contributed by atoms with Gasteiger partial charge in [0.15, 0.2) is 0 Å². The van der Waals surface area contributed by atoms with Crippen LogP contribution in [-0.2, 0) is 9.59 Å². The van der Waals surface area contributed by atoms with Crippen LogP contribution < -0.4 is 5.32 Å². The standard InChI is InChI=1S/C23H22FN3O4S2/c24-17-5-3-15(4-6-17)14-19-22(30)27(23(31)33-19)12-9-25-20(28)16-7-10-26(11-8-16)21(29)18-2-1-13-32-18/h1-6,13-14,16H,7-12H2,(H,25,28)/b19-14-. The van der Waals surface area contributed by atoms with Crippen molar-refractivity contribution in [1.29, 1.82) is 0 Å². The van der Waals surface area contributed by atoms with Gasteiger partial charge < -0.3 is 10.2 Å². The number of likely N-dealkylation sites (tertiary alicyclic amines) is 1. The Morgan fingerprint density at radius 1 is 1.12 bits per heavy atom. The quantitative estimate of drug-likeness (QED) is 0.630. The number of thioether (sulfide) groups is 1. The molecule has 4 rings (SSSR count). The SMILES string of the molecule is O=C(NCCN1C(=O)S/C(=C\c2ccc(F)cc2)C1=O)C1CCN(C(=O)c2cccs2)CC1. The highest BCUT2D eigenvalue weighted by Gasteiger charge is 2.35. The minimum absolute atomic E-state index is 0.00286. The van der Waals surface area contributed by atoms with E-state index in [1.165, 1.54) is 35.6 Å². The van der Waals surface area contributed by atoms with Gasteiger partial charge in [-0.2, -0.15) is 0 Å². The van der Waals surface area contributed by atoms with Gasteiger partial charge in [0.2, 0.25) is 5.91 Å². The van der Waals surface area contributed by atoms with Crippen LogP contribution in [0, 0.1) is 11.7 Å². The van der Waals surface area contributed by atoms with Gasteiger partial charge in [-0.15, -0.1) is 11.3 Å². The molecule has 3 heterocycles. The number of imide groups is 1. The maximum Gasteiger partial charge on any atom is 0.293 e. The Labute approximate surface area is 198 Å². The summed E-state index contributed by atoms with van der Waals surface area (Å²) in [6.45, 7) is 1.28. The third-order valence-electron chi connectivity index (χ3n) is 5.56. The molecule has 0 radical (unpaired) electrons. The van der Waals surface area contributed by atoms with Crippen molar-refractivity contribution in [3.05, 3.63) is 62.9 Å². The predicted octanol–water partition coefficient (Wildman–Crippen LogP) is 3.59. The number of benzene rings is 1. The Morgan fingerprint density at radius 3 is 2.52 bits per heavy atom. The summed E-state index contributed by atoms with van der Waals surface area (Å²) in [7, 11) is 0. The van der Waals surface area contributed by atoms with E-state index in [-0.39, 0.29) is 41.5 Å². The van der Waals surface area contributed by atoms with Gasteiger partial charge in [-0.3, -0.25) is 24.1 Å². The molecule has 0 bridgehead atoms. The average Bonchev–Trinajstić information content (AvgIpc) is 3.45. The molecule has 0 unspecified atom stereocenters. The van der Waals surface area contributed by atoms with Gasteiger partial charge in [0.25, 0.3) is 17.1 Å². The van der Waals surface area contributed by atoms with Crippen molar-refractivity contribution in [2.24, 2.45) is 5.92 Å². The number of amides is 4. The highest BCUT2D eigenvalue weighted by molar-refractivity contribution is 8.18. The Kier molecular flexibility index (Phi) is 7.24. The summed E-state index contributed by atoms with van der Waals surface area (Å²) in [6, 6.07) is 9.27. The van der Waals surface area contributed by atoms with Crippen LogP contribution in [0.3, 0.4) is 0 Å². The number of nitrogens with one attached hydrogen (secondary N) is 1. The van der Waals surface area contributed by atoms with E-state index in [9.17, 15) is 23.6 Å². The summed E-state index contributed by atoms with van der Waals surface area (Å²) < 4.78 is 13.0. The van der Waals surface area contributed by atoms with Crippen LogP contribution in [0.25, 0.3) is 6.08 Å². The number of hydrogen-bond donors (Lipinski definition) is 1. The van der Waals surface area contributed by atoms with Gasteiger partial charge in [-0.1, -0.05) is 18.2 Å². The van der Waals surface area contributed by atoms with Crippen LogP contribution in [0.15, 0.2) is 46.7 Å². The molecule has 0 saturated carbocycles. The molecular weight excluding hydrogens is 465 g/mol. The minimum atomic E-state index is -0.427. The Hall–Kier alpha value is -2.98. The Bertz CT molecular complexity index is 1080. The topological polar surface area (TPSA) is 86.8 Å². The maximum absolute atomic E-state index is 13.0. The van der Waals surface area contributed by atoms with Crippen LogP contribution in [0.1, 0.15) is 28.1 Å². The fraction of sp³-hybridized carbons (Fsp3) is 0.304. The highest BCUT2D eigenvalue weighted by Crippen LogP contribution is 2.32. The molecule has 10 heteroatoms. The number of halogens is 1. The largest absolute Gasteiger partial charge is 0.354 e. The number of rotatable bonds is 6. The summed E-state index contributed by atoms with van der Waals surface area (Å²) in [5.41, 5.74) is 0.624. The van der Waals surface area contributed by atoms with E-state index in [1.54, 1.807) is 17.0 Å². The molecule has 0 atom stereocenters. The zero-order valence-corrected chi connectivity index (χ0v) is 19.3. The van der Waals surface area contributed by atoms with E-state index in [2.05, 4.69) is 5.32 Å². The second-order valence-corrected chi connectivity index (χ2v) is 9.66. The molecular formula is C23H22FN3O4S2. The molecule has 2 aromatic rings. The van der Waals surface area contributed by atoms with Crippen molar-refractivity contribution in [2.45, 2.75) is 12.8 Å². The molecule has 4 amide bonds. The zero-order chi connectivity index (χ0) is 23.4. The van der Waals surface area contributed by atoms with E-state index in [1.807, 2.05) is 11.4 Å². The normalized spacial score (nSPS) is 18.3. The molecule has 1 N–H and O–H groups in total. The molecule has 1 aromatic heterocycles. The molecule has 172 valence electrons. The summed E-state index contributed by atoms with van der Waals surface area (Å²) in [5, 5.41) is 4.27. The van der Waals surface area contributed by atoms with Crippen LogP contribution in [0.4, 0.5) is 9.18 Å². The smallest absolute Gasteiger partial charge is 0.293 e. The second kappa shape index (κ2) is 10.3. The fourth-order valence-corrected chi connectivity index (χ4v) is 5.30. The van der Waals surface area contributed by atoms with Gasteiger partial charge in [0, 0.05) is 32.1 Å². The van der Waals surface area contributed by atoms with Crippen LogP contribution in [-0.4, -0.2) is 58.9 Å². The van der Waals surface area contributed by atoms with Crippen molar-refractivity contribution >= 4 is 52.1 Å². The van der Waals surface area contributed by atoms with Gasteiger partial charge in [0.1, 0.15) is 5.82 Å². The molecule has 0 aliphatic carbocycles. The summed E-state index contributed by atoms with van der Waals surface area (Å²) in [6.07, 6.45) is 2.70. The number of thiophene rings is 1. The van der Waals surface area contributed by atoms with Crippen LogP contribution in [0.5, 0.6) is 0 Å². The fourth-order valence-electron chi connectivity index (χ4n) is 3.74. The van der Waals surface area contributed by atoms with Gasteiger partial charge in [0.05, 0.1) is 9.78 Å². The number of carbonyl (C=O) groups is 4. The Balaban J connectivity index is 1.23. The van der Waals surface area contributed by atoms with Gasteiger partial charge >= 0.3 is 0 Å². The van der Waals surface area contributed by atoms with E-state index in [0.717, 1.165) is 16.7 Å². The third-order valence-corrected chi connectivity index (χ3v) is 7.33. The first-order valence-electron chi connectivity index (χ1n) is 10.5. The molecule has 2 aliphatic heterocycles. The summed E-state index contributed by atoms with van der Waals surface area (Å²) >= 11 is 2.23. The highest BCUT2D eigenvalue weighted by atomic mass is 32.2. The van der Waals surface area contributed by atoms with E-state index in [0.29, 0.717) is 36.4 Å². The van der Waals surface area contributed by atoms with E-state index >= 15 is 0 Å². The van der Waals surface area contributed by atoms with Crippen molar-refractivity contribution in [3.63, 3.8) is 0 Å². The van der Waals surface area contributed by atoms with Gasteiger partial charge in [-0.05, 0) is 59.8 Å². The monoisotopic (exact) mass is 487 g/mol. The number of nitrogens with zero attached hydrogens (tertiary/aromatic N) is 2. The predicted molar refractivity (Wildman–Crippen MR) is 125 cm³/mol. The number of hydrogen-bond acceptors (Lipinski definition) is 6. The lowest BCUT2D eigenvalue weighted by molar-refractivity contribution is -0.127. The minimum Gasteiger partial charge on any atom is -0.354 e. The first-order valence-corrected chi connectivity index (χ1v) is 12.2. The maximum atomic E-state index is 13.0. The van der Waals surface area contributed by atoms with Crippen molar-refractivity contribution in [2.75, 3.05) is 26.2 Å². The lowest BCUT2D eigenvalue weighted by Gasteiger charge is -2.31. The van der Waals surface area contributed by atoms with Crippen LogP contribution >= 0.6 is 23.1 Å². The zero-order valence-electron chi connectivity index (χ0n) is 17.7. The van der Waals surface area contributed by atoms with E-state index in [4.69, 9.17) is 0 Å². The first-order chi connectivity index (χ1) is 15.9. The molecule has 1 aromatic carbocycles. The molecule has 33 heavy (non-hydrogen) atoms. The van der Waals surface area contributed by atoms with E-state index < -0.39 is 11.1 Å². The molecule has 0 spiro atoms. The summed E-state index contributed by atoms with van der Waals surface area (Å²) in [4.78, 5) is 53.6. The third kappa shape index (κ3) is 5.51. The Morgan fingerprint density at radius 2 is 1.85 bits per heavy atom. The molecule has 2 fully saturated rings. The van der Waals surface area contributed by atoms with Gasteiger partial charge in [-0.25, -0.2) is 4.39 Å². The molecule has 7 nitrogen and oxygen atoms in total. The average molecular weight is 488 g/mol. The summed E-state index contributed by atoms with van der Waals surface area (Å²) in [5.74, 6) is -1.14. The number of piperidine rings is 1. The lowest BCUT2D eigenvalue weighted by Crippen LogP contribution is -2.44. The van der Waals surface area contributed by atoms with Crippen LogP contribution in [0.2, 0.25) is 0 Å². The first kappa shape index (κ1) is 23.2. The van der Waals surface area contributed by atoms with Crippen molar-refractivity contribution in [3.8, 4) is 0 Å². The van der Waals surface area contributed by atoms with Crippen molar-refractivity contribution in [1.82, 2.24) is 15.1 Å².